The standard InChI is InChI=1S/C15H12O5/c1-20-12-8-3-2-5-9(12)10-6-4-7-11(14(16)17)13(10)15(18)19/h2-8H,1H3,(H,16,17)(H,18,19). The van der Waals surface area contributed by atoms with E-state index >= 15 is 0 Å². The number of hydrogen-bond donors (Lipinski definition) is 2. The van der Waals surface area contributed by atoms with Gasteiger partial charge in [-0.25, -0.2) is 9.59 Å². The van der Waals surface area contributed by atoms with Gasteiger partial charge in [-0.15, -0.1) is 0 Å². The van der Waals surface area contributed by atoms with Crippen LogP contribution in [-0.2, 0) is 0 Å². The molecule has 0 aliphatic carbocycles. The number of methoxy groups -OCH3 is 1. The zero-order valence-corrected chi connectivity index (χ0v) is 10.7. The Bertz CT molecular complexity index is 676. The van der Waals surface area contributed by atoms with Crippen molar-refractivity contribution in [1.82, 2.24) is 0 Å². The first kappa shape index (κ1) is 13.6. The summed E-state index contributed by atoms with van der Waals surface area (Å²) in [6.45, 7) is 0. The molecule has 2 N–H and O–H groups in total. The third-order valence-electron chi connectivity index (χ3n) is 2.91. The molecule has 0 bridgehead atoms. The van der Waals surface area contributed by atoms with Crippen LogP contribution >= 0.6 is 0 Å². The van der Waals surface area contributed by atoms with E-state index in [1.165, 1.54) is 19.2 Å². The molecular weight excluding hydrogens is 260 g/mol. The lowest BCUT2D eigenvalue weighted by molar-refractivity contribution is 0.0652. The Hall–Kier alpha value is -2.82. The van der Waals surface area contributed by atoms with Gasteiger partial charge >= 0.3 is 11.9 Å². The Morgan fingerprint density at radius 2 is 1.55 bits per heavy atom. The van der Waals surface area contributed by atoms with Gasteiger partial charge in [0.1, 0.15) is 5.75 Å². The van der Waals surface area contributed by atoms with Crippen molar-refractivity contribution in [2.24, 2.45) is 0 Å². The molecule has 0 unspecified atom stereocenters. The zero-order valence-electron chi connectivity index (χ0n) is 10.7. The number of carboxylic acids is 2. The molecule has 2 aromatic carbocycles. The van der Waals surface area contributed by atoms with Crippen LogP contribution in [0.1, 0.15) is 20.7 Å². The minimum absolute atomic E-state index is 0.246. The Balaban J connectivity index is 2.77. The van der Waals surface area contributed by atoms with Crippen LogP contribution in [0.5, 0.6) is 5.75 Å². The molecule has 0 heterocycles. The summed E-state index contributed by atoms with van der Waals surface area (Å²) in [6.07, 6.45) is 0. The number of rotatable bonds is 4. The predicted molar refractivity (Wildman–Crippen MR) is 72.3 cm³/mol. The largest absolute Gasteiger partial charge is 0.496 e. The zero-order chi connectivity index (χ0) is 14.7. The van der Waals surface area contributed by atoms with E-state index in [9.17, 15) is 14.7 Å². The molecule has 0 fully saturated rings. The van der Waals surface area contributed by atoms with Crippen LogP contribution in [0, 0.1) is 0 Å². The molecule has 0 saturated heterocycles. The average molecular weight is 272 g/mol. The lowest BCUT2D eigenvalue weighted by Crippen LogP contribution is -2.10. The third kappa shape index (κ3) is 2.33. The van der Waals surface area contributed by atoms with Crippen molar-refractivity contribution in [3.8, 4) is 16.9 Å². The molecule has 0 aromatic heterocycles. The molecule has 0 aliphatic heterocycles. The van der Waals surface area contributed by atoms with Gasteiger partial charge in [0.2, 0.25) is 0 Å². The molecule has 5 heteroatoms. The van der Waals surface area contributed by atoms with Crippen LogP contribution in [0.4, 0.5) is 0 Å². The maximum atomic E-state index is 11.4. The fraction of sp³-hybridized carbons (Fsp3) is 0.0667. The van der Waals surface area contributed by atoms with Gasteiger partial charge in [-0.2, -0.15) is 0 Å². The van der Waals surface area contributed by atoms with Crippen molar-refractivity contribution in [3.05, 3.63) is 53.6 Å². The Morgan fingerprint density at radius 1 is 0.900 bits per heavy atom. The van der Waals surface area contributed by atoms with Gasteiger partial charge in [-0.1, -0.05) is 30.3 Å². The van der Waals surface area contributed by atoms with Crippen molar-refractivity contribution >= 4 is 11.9 Å². The predicted octanol–water partition coefficient (Wildman–Crippen LogP) is 2.76. The quantitative estimate of drug-likeness (QED) is 0.894. The Kier molecular flexibility index (Phi) is 3.70. The molecule has 0 amide bonds. The molecular formula is C15H12O5. The summed E-state index contributed by atoms with van der Waals surface area (Å²) in [5.41, 5.74) is 0.357. The lowest BCUT2D eigenvalue weighted by atomic mass is 9.95. The first-order valence-electron chi connectivity index (χ1n) is 5.79. The number of benzene rings is 2. The van der Waals surface area contributed by atoms with Gasteiger partial charge in [-0.05, 0) is 12.1 Å². The van der Waals surface area contributed by atoms with Gasteiger partial charge in [0.15, 0.2) is 0 Å². The van der Waals surface area contributed by atoms with Crippen LogP contribution in [0.15, 0.2) is 42.5 Å². The van der Waals surface area contributed by atoms with Gasteiger partial charge in [0, 0.05) is 11.1 Å². The SMILES string of the molecule is COc1ccccc1-c1cccc(C(=O)O)c1C(=O)O. The highest BCUT2D eigenvalue weighted by atomic mass is 16.5. The van der Waals surface area contributed by atoms with Crippen LogP contribution < -0.4 is 4.74 Å². The highest BCUT2D eigenvalue weighted by Crippen LogP contribution is 2.33. The van der Waals surface area contributed by atoms with Crippen molar-refractivity contribution in [2.45, 2.75) is 0 Å². The van der Waals surface area contributed by atoms with E-state index in [-0.39, 0.29) is 11.1 Å². The first-order chi connectivity index (χ1) is 9.56. The summed E-state index contributed by atoms with van der Waals surface area (Å²) in [5, 5.41) is 18.4. The second-order valence-electron chi connectivity index (χ2n) is 4.04. The summed E-state index contributed by atoms with van der Waals surface area (Å²) >= 11 is 0. The summed E-state index contributed by atoms with van der Waals surface area (Å²) in [4.78, 5) is 22.6. The highest BCUT2D eigenvalue weighted by molar-refractivity contribution is 6.07. The van der Waals surface area contributed by atoms with Crippen LogP contribution in [0.25, 0.3) is 11.1 Å². The molecule has 0 atom stereocenters. The van der Waals surface area contributed by atoms with E-state index in [1.54, 1.807) is 30.3 Å². The molecule has 2 rings (SSSR count). The molecule has 20 heavy (non-hydrogen) atoms. The van der Waals surface area contributed by atoms with Gasteiger partial charge in [0.05, 0.1) is 18.2 Å². The molecule has 5 nitrogen and oxygen atoms in total. The number of carboxylic acid groups (broad SMARTS) is 2. The number of hydrogen-bond acceptors (Lipinski definition) is 3. The summed E-state index contributed by atoms with van der Waals surface area (Å²) in [6, 6.07) is 11.2. The van der Waals surface area contributed by atoms with E-state index < -0.39 is 11.9 Å². The van der Waals surface area contributed by atoms with Crippen molar-refractivity contribution < 1.29 is 24.5 Å². The van der Waals surface area contributed by atoms with Crippen LogP contribution in [0.3, 0.4) is 0 Å². The summed E-state index contributed by atoms with van der Waals surface area (Å²) in [7, 11) is 1.47. The first-order valence-corrected chi connectivity index (χ1v) is 5.79. The number of ether oxygens (including phenoxy) is 1. The minimum atomic E-state index is -1.29. The summed E-state index contributed by atoms with van der Waals surface area (Å²) in [5.74, 6) is -2.08. The molecule has 0 spiro atoms. The van der Waals surface area contributed by atoms with E-state index in [4.69, 9.17) is 9.84 Å². The van der Waals surface area contributed by atoms with Crippen molar-refractivity contribution in [3.63, 3.8) is 0 Å². The van der Waals surface area contributed by atoms with Gasteiger partial charge in [-0.3, -0.25) is 0 Å². The van der Waals surface area contributed by atoms with Crippen LogP contribution in [-0.4, -0.2) is 29.3 Å². The number of carbonyl (C=O) groups is 2. The fourth-order valence-electron chi connectivity index (χ4n) is 2.05. The molecule has 2 aromatic rings. The second-order valence-corrected chi connectivity index (χ2v) is 4.04. The monoisotopic (exact) mass is 272 g/mol. The normalized spacial score (nSPS) is 10.1. The van der Waals surface area contributed by atoms with E-state index in [0.29, 0.717) is 16.9 Å². The molecule has 0 radical (unpaired) electrons. The van der Waals surface area contributed by atoms with Crippen molar-refractivity contribution in [2.75, 3.05) is 7.11 Å². The fourth-order valence-corrected chi connectivity index (χ4v) is 2.05. The molecule has 102 valence electrons. The smallest absolute Gasteiger partial charge is 0.337 e. The van der Waals surface area contributed by atoms with E-state index in [0.717, 1.165) is 0 Å². The number of aromatic carboxylic acids is 2. The average Bonchev–Trinajstić information content (AvgIpc) is 2.46. The van der Waals surface area contributed by atoms with Crippen LogP contribution in [0.2, 0.25) is 0 Å². The number of para-hydroxylation sites is 1. The maximum Gasteiger partial charge on any atom is 0.337 e. The Morgan fingerprint density at radius 3 is 2.15 bits per heavy atom. The lowest BCUT2D eigenvalue weighted by Gasteiger charge is -2.12. The topological polar surface area (TPSA) is 83.8 Å². The van der Waals surface area contributed by atoms with Gasteiger partial charge in [0.25, 0.3) is 0 Å². The Labute approximate surface area is 115 Å². The molecule has 0 aliphatic rings. The van der Waals surface area contributed by atoms with E-state index in [2.05, 4.69) is 0 Å². The van der Waals surface area contributed by atoms with Gasteiger partial charge < -0.3 is 14.9 Å². The minimum Gasteiger partial charge on any atom is -0.496 e. The second kappa shape index (κ2) is 5.44. The van der Waals surface area contributed by atoms with Crippen molar-refractivity contribution in [1.29, 1.82) is 0 Å². The maximum absolute atomic E-state index is 11.4. The molecule has 0 saturated carbocycles. The summed E-state index contributed by atoms with van der Waals surface area (Å²) < 4.78 is 5.19. The highest BCUT2D eigenvalue weighted by Gasteiger charge is 2.22. The van der Waals surface area contributed by atoms with E-state index in [1.807, 2.05) is 0 Å². The third-order valence-corrected chi connectivity index (χ3v) is 2.91.